The Morgan fingerprint density at radius 1 is 0.972 bits per heavy atom. The molecule has 0 atom stereocenters. The number of rotatable bonds is 8. The second kappa shape index (κ2) is 9.63. The maximum absolute atomic E-state index is 13.3. The second-order valence-corrected chi connectivity index (χ2v) is 10.2. The number of hydrogen-bond acceptors (Lipinski definition) is 8. The van der Waals surface area contributed by atoms with Crippen LogP contribution >= 0.6 is 11.6 Å². The van der Waals surface area contributed by atoms with E-state index in [9.17, 15) is 8.42 Å². The maximum Gasteiger partial charge on any atom is 0.229 e. The molecule has 2 heterocycles. The molecule has 11 heteroatoms. The topological polar surface area (TPSA) is 108 Å². The number of benzene rings is 3. The molecule has 36 heavy (non-hydrogen) atoms. The van der Waals surface area contributed by atoms with Crippen LogP contribution in [0.25, 0.3) is 16.6 Å². The molecule has 0 bridgehead atoms. The summed E-state index contributed by atoms with van der Waals surface area (Å²) in [4.78, 5) is 4.75. The standard InChI is InChI=1S/C25H22ClN5O4S/c1-34-21-11-8-16(14-22(21)35-2)12-13-27-23-19-15-17(26)9-10-20(19)31-24(28-23)25(29-30-31)36(32,33)18-6-4-3-5-7-18/h3-11,14-15H,12-13H2,1-2H3,(H,27,28). The van der Waals surface area contributed by atoms with Crippen molar-refractivity contribution in [3.05, 3.63) is 77.3 Å². The summed E-state index contributed by atoms with van der Waals surface area (Å²) in [5, 5.41) is 12.4. The van der Waals surface area contributed by atoms with Crippen molar-refractivity contribution in [1.82, 2.24) is 19.8 Å². The zero-order valence-electron chi connectivity index (χ0n) is 19.5. The lowest BCUT2D eigenvalue weighted by Crippen LogP contribution is -2.10. The molecular weight excluding hydrogens is 502 g/mol. The van der Waals surface area contributed by atoms with Crippen molar-refractivity contribution in [2.75, 3.05) is 26.1 Å². The Hall–Kier alpha value is -3.89. The van der Waals surface area contributed by atoms with Gasteiger partial charge in [-0.25, -0.2) is 13.4 Å². The van der Waals surface area contributed by atoms with Gasteiger partial charge in [0.2, 0.25) is 14.9 Å². The second-order valence-electron chi connectivity index (χ2n) is 7.93. The van der Waals surface area contributed by atoms with E-state index in [1.54, 1.807) is 50.6 Å². The average Bonchev–Trinajstić information content (AvgIpc) is 3.34. The van der Waals surface area contributed by atoms with Crippen molar-refractivity contribution in [3.8, 4) is 11.5 Å². The van der Waals surface area contributed by atoms with Crippen LogP contribution in [0.15, 0.2) is 76.7 Å². The van der Waals surface area contributed by atoms with E-state index in [4.69, 9.17) is 21.1 Å². The number of anilines is 1. The lowest BCUT2D eigenvalue weighted by molar-refractivity contribution is 0.354. The molecule has 0 saturated carbocycles. The summed E-state index contributed by atoms with van der Waals surface area (Å²) in [6.07, 6.45) is 0.655. The molecule has 5 rings (SSSR count). The highest BCUT2D eigenvalue weighted by Gasteiger charge is 2.27. The van der Waals surface area contributed by atoms with Crippen molar-refractivity contribution in [2.24, 2.45) is 0 Å². The van der Waals surface area contributed by atoms with E-state index in [1.807, 2.05) is 18.2 Å². The normalized spacial score (nSPS) is 11.6. The Balaban J connectivity index is 1.54. The van der Waals surface area contributed by atoms with Crippen molar-refractivity contribution in [1.29, 1.82) is 0 Å². The molecule has 2 aromatic heterocycles. The Kier molecular flexibility index (Phi) is 6.38. The van der Waals surface area contributed by atoms with E-state index in [0.717, 1.165) is 5.56 Å². The van der Waals surface area contributed by atoms with Gasteiger partial charge in [-0.1, -0.05) is 41.1 Å². The van der Waals surface area contributed by atoms with Crippen molar-refractivity contribution in [3.63, 3.8) is 0 Å². The number of nitrogens with zero attached hydrogens (tertiary/aromatic N) is 4. The van der Waals surface area contributed by atoms with Crippen molar-refractivity contribution in [2.45, 2.75) is 16.3 Å². The maximum atomic E-state index is 13.3. The first-order chi connectivity index (χ1) is 17.4. The third kappa shape index (κ3) is 4.29. The SMILES string of the molecule is COc1ccc(CCNc2nc3c(S(=O)(=O)c4ccccc4)nnn3c3ccc(Cl)cc23)cc1OC. The molecule has 5 aromatic rings. The van der Waals surface area contributed by atoms with E-state index >= 15 is 0 Å². The van der Waals surface area contributed by atoms with E-state index in [2.05, 4.69) is 20.6 Å². The van der Waals surface area contributed by atoms with E-state index < -0.39 is 9.84 Å². The first-order valence-corrected chi connectivity index (χ1v) is 12.9. The zero-order valence-corrected chi connectivity index (χ0v) is 21.0. The van der Waals surface area contributed by atoms with Crippen LogP contribution in [0.1, 0.15) is 5.56 Å². The highest BCUT2D eigenvalue weighted by molar-refractivity contribution is 7.91. The number of methoxy groups -OCH3 is 2. The number of aromatic nitrogens is 4. The third-order valence-electron chi connectivity index (χ3n) is 5.74. The van der Waals surface area contributed by atoms with Crippen LogP contribution in [0.3, 0.4) is 0 Å². The molecule has 0 saturated heterocycles. The molecular formula is C25H22ClN5O4S. The lowest BCUT2D eigenvalue weighted by Gasteiger charge is -2.12. The van der Waals surface area contributed by atoms with E-state index in [1.165, 1.54) is 16.6 Å². The van der Waals surface area contributed by atoms with Crippen LogP contribution in [-0.2, 0) is 16.3 Å². The summed E-state index contributed by atoms with van der Waals surface area (Å²) in [5.74, 6) is 1.78. The minimum Gasteiger partial charge on any atom is -0.493 e. The van der Waals surface area contributed by atoms with Gasteiger partial charge in [0.15, 0.2) is 17.1 Å². The lowest BCUT2D eigenvalue weighted by atomic mass is 10.1. The van der Waals surface area contributed by atoms with Gasteiger partial charge in [-0.2, -0.15) is 4.52 Å². The minimum absolute atomic E-state index is 0.119. The summed E-state index contributed by atoms with van der Waals surface area (Å²) in [6, 6.07) is 19.1. The van der Waals surface area contributed by atoms with Gasteiger partial charge in [-0.3, -0.25) is 0 Å². The van der Waals surface area contributed by atoms with Gasteiger partial charge < -0.3 is 14.8 Å². The summed E-state index contributed by atoms with van der Waals surface area (Å²) in [7, 11) is -0.745. The summed E-state index contributed by atoms with van der Waals surface area (Å²) in [6.45, 7) is 0.516. The number of nitrogens with one attached hydrogen (secondary N) is 1. The van der Waals surface area contributed by atoms with Crippen LogP contribution in [0.5, 0.6) is 11.5 Å². The number of halogens is 1. The van der Waals surface area contributed by atoms with Gasteiger partial charge in [-0.15, -0.1) is 5.10 Å². The molecule has 0 fully saturated rings. The first-order valence-electron chi connectivity index (χ1n) is 11.0. The molecule has 0 unspecified atom stereocenters. The van der Waals surface area contributed by atoms with Gasteiger partial charge in [-0.05, 0) is 54.4 Å². The summed E-state index contributed by atoms with van der Waals surface area (Å²) < 4.78 is 38.7. The largest absolute Gasteiger partial charge is 0.493 e. The number of fused-ring (bicyclic) bond motifs is 3. The van der Waals surface area contributed by atoms with Crippen LogP contribution in [0.2, 0.25) is 5.02 Å². The van der Waals surface area contributed by atoms with Gasteiger partial charge in [0.1, 0.15) is 5.82 Å². The fraction of sp³-hybridized carbons (Fsp3) is 0.160. The first kappa shape index (κ1) is 23.8. The van der Waals surface area contributed by atoms with Gasteiger partial charge in [0.25, 0.3) is 0 Å². The van der Waals surface area contributed by atoms with Crippen LogP contribution < -0.4 is 14.8 Å². The van der Waals surface area contributed by atoms with E-state index in [0.29, 0.717) is 46.2 Å². The monoisotopic (exact) mass is 523 g/mol. The molecule has 0 spiro atoms. The third-order valence-corrected chi connectivity index (χ3v) is 7.64. The molecule has 0 aliphatic heterocycles. The molecule has 1 N–H and O–H groups in total. The van der Waals surface area contributed by atoms with Crippen LogP contribution in [0.4, 0.5) is 5.82 Å². The molecule has 0 radical (unpaired) electrons. The van der Waals surface area contributed by atoms with Gasteiger partial charge in [0.05, 0.1) is 24.6 Å². The van der Waals surface area contributed by atoms with Crippen LogP contribution in [-0.4, -0.2) is 49.0 Å². The predicted molar refractivity (Wildman–Crippen MR) is 137 cm³/mol. The molecule has 0 aliphatic rings. The molecule has 0 amide bonds. The summed E-state index contributed by atoms with van der Waals surface area (Å²) >= 11 is 6.27. The Morgan fingerprint density at radius 3 is 2.50 bits per heavy atom. The molecule has 184 valence electrons. The smallest absolute Gasteiger partial charge is 0.229 e. The zero-order chi connectivity index (χ0) is 25.3. The quantitative estimate of drug-likeness (QED) is 0.318. The molecule has 0 aliphatic carbocycles. The predicted octanol–water partition coefficient (Wildman–Crippen LogP) is 4.44. The van der Waals surface area contributed by atoms with Gasteiger partial charge >= 0.3 is 0 Å². The fourth-order valence-electron chi connectivity index (χ4n) is 3.95. The van der Waals surface area contributed by atoms with Crippen molar-refractivity contribution >= 4 is 43.8 Å². The Morgan fingerprint density at radius 2 is 1.75 bits per heavy atom. The fourth-order valence-corrected chi connectivity index (χ4v) is 5.38. The summed E-state index contributed by atoms with van der Waals surface area (Å²) in [5.41, 5.74) is 1.78. The highest BCUT2D eigenvalue weighted by Crippen LogP contribution is 2.30. The Labute approximate surface area is 212 Å². The van der Waals surface area contributed by atoms with Gasteiger partial charge in [0, 0.05) is 17.0 Å². The van der Waals surface area contributed by atoms with Crippen LogP contribution in [0, 0.1) is 0 Å². The molecule has 3 aromatic carbocycles. The minimum atomic E-state index is -3.93. The Bertz CT molecular complexity index is 1670. The number of sulfone groups is 1. The van der Waals surface area contributed by atoms with E-state index in [-0.39, 0.29) is 15.6 Å². The number of hydrogen-bond donors (Lipinski definition) is 1. The highest BCUT2D eigenvalue weighted by atomic mass is 35.5. The van der Waals surface area contributed by atoms with Crippen molar-refractivity contribution < 1.29 is 17.9 Å². The average molecular weight is 524 g/mol. The number of ether oxygens (including phenoxy) is 2. The molecule has 9 nitrogen and oxygen atoms in total.